The van der Waals surface area contributed by atoms with E-state index in [4.69, 9.17) is 0 Å². The first-order valence-electron chi connectivity index (χ1n) is 10.3. The summed E-state index contributed by atoms with van der Waals surface area (Å²) in [5.41, 5.74) is 2.14. The lowest BCUT2D eigenvalue weighted by Crippen LogP contribution is -2.37. The highest BCUT2D eigenvalue weighted by Gasteiger charge is 2.34. The molecule has 162 valence electrons. The topological polar surface area (TPSA) is 66.5 Å². The SMILES string of the molecule is O=C(CC(c1ccccc1)c1ccccc1)NCCN1C(=O)S/C(=C\c2cccs2)C1=O. The molecule has 2 aromatic carbocycles. The number of carbonyl (C=O) groups excluding carboxylic acids is 3. The van der Waals surface area contributed by atoms with Gasteiger partial charge in [0.05, 0.1) is 4.91 Å². The molecule has 7 heteroatoms. The van der Waals surface area contributed by atoms with Gasteiger partial charge < -0.3 is 5.32 Å². The van der Waals surface area contributed by atoms with Gasteiger partial charge in [-0.2, -0.15) is 0 Å². The summed E-state index contributed by atoms with van der Waals surface area (Å²) < 4.78 is 0. The van der Waals surface area contributed by atoms with E-state index in [0.29, 0.717) is 4.91 Å². The standard InChI is InChI=1S/C25H22N2O3S2/c28-23(17-21(18-8-3-1-4-9-18)19-10-5-2-6-11-19)26-13-14-27-24(29)22(32-25(27)30)16-20-12-7-15-31-20/h1-12,15-16,21H,13-14,17H2,(H,26,28)/b22-16-. The molecule has 0 spiro atoms. The first-order valence-corrected chi connectivity index (χ1v) is 12.0. The third kappa shape index (κ3) is 5.36. The van der Waals surface area contributed by atoms with Crippen molar-refractivity contribution in [1.29, 1.82) is 0 Å². The Morgan fingerprint density at radius 3 is 2.19 bits per heavy atom. The first-order chi connectivity index (χ1) is 15.6. The minimum Gasteiger partial charge on any atom is -0.354 e. The number of nitrogens with zero attached hydrogens (tertiary/aromatic N) is 1. The van der Waals surface area contributed by atoms with Crippen LogP contribution in [0.25, 0.3) is 6.08 Å². The lowest BCUT2D eigenvalue weighted by atomic mass is 9.88. The molecule has 1 saturated heterocycles. The van der Waals surface area contributed by atoms with Gasteiger partial charge in [-0.25, -0.2) is 0 Å². The van der Waals surface area contributed by atoms with Crippen molar-refractivity contribution in [3.8, 4) is 0 Å². The van der Waals surface area contributed by atoms with Gasteiger partial charge in [-0.3, -0.25) is 19.3 Å². The molecule has 3 aromatic rings. The zero-order chi connectivity index (χ0) is 22.3. The first kappa shape index (κ1) is 22.0. The van der Waals surface area contributed by atoms with Crippen LogP contribution in [-0.4, -0.2) is 35.0 Å². The number of thiophene rings is 1. The second kappa shape index (κ2) is 10.4. The third-order valence-electron chi connectivity index (χ3n) is 5.14. The van der Waals surface area contributed by atoms with E-state index < -0.39 is 0 Å². The Labute approximate surface area is 195 Å². The van der Waals surface area contributed by atoms with Crippen LogP contribution < -0.4 is 5.32 Å². The lowest BCUT2D eigenvalue weighted by Gasteiger charge is -2.18. The third-order valence-corrected chi connectivity index (χ3v) is 6.87. The molecule has 0 aliphatic carbocycles. The van der Waals surface area contributed by atoms with Gasteiger partial charge >= 0.3 is 0 Å². The molecule has 1 fully saturated rings. The molecular formula is C25H22N2O3S2. The van der Waals surface area contributed by atoms with Crippen molar-refractivity contribution in [2.75, 3.05) is 13.1 Å². The van der Waals surface area contributed by atoms with E-state index in [1.165, 1.54) is 16.2 Å². The maximum Gasteiger partial charge on any atom is 0.293 e. The molecule has 2 heterocycles. The minimum absolute atomic E-state index is 0.0664. The Hall–Kier alpha value is -3.16. The smallest absolute Gasteiger partial charge is 0.293 e. The van der Waals surface area contributed by atoms with Gasteiger partial charge in [-0.15, -0.1) is 11.3 Å². The molecule has 1 aliphatic heterocycles. The summed E-state index contributed by atoms with van der Waals surface area (Å²) in [6, 6.07) is 23.6. The second-order valence-electron chi connectivity index (χ2n) is 7.28. The number of imide groups is 1. The van der Waals surface area contributed by atoms with Crippen LogP contribution in [0, 0.1) is 0 Å². The van der Waals surface area contributed by atoms with Gasteiger partial charge in [0.2, 0.25) is 5.91 Å². The van der Waals surface area contributed by atoms with Gasteiger partial charge in [0.25, 0.3) is 11.1 Å². The molecule has 3 amide bonds. The fourth-order valence-corrected chi connectivity index (χ4v) is 5.15. The normalized spacial score (nSPS) is 15.0. The number of hydrogen-bond donors (Lipinski definition) is 1. The average Bonchev–Trinajstić information content (AvgIpc) is 3.42. The zero-order valence-corrected chi connectivity index (χ0v) is 18.9. The quantitative estimate of drug-likeness (QED) is 0.472. The zero-order valence-electron chi connectivity index (χ0n) is 17.3. The predicted octanol–water partition coefficient (Wildman–Crippen LogP) is 5.12. The van der Waals surface area contributed by atoms with Crippen LogP contribution in [0.3, 0.4) is 0 Å². The molecule has 0 unspecified atom stereocenters. The van der Waals surface area contributed by atoms with E-state index >= 15 is 0 Å². The Kier molecular flexibility index (Phi) is 7.19. The van der Waals surface area contributed by atoms with Crippen LogP contribution in [0.4, 0.5) is 4.79 Å². The molecule has 4 rings (SSSR count). The van der Waals surface area contributed by atoms with E-state index in [9.17, 15) is 14.4 Å². The Balaban J connectivity index is 1.35. The minimum atomic E-state index is -0.311. The number of thioether (sulfide) groups is 1. The maximum absolute atomic E-state index is 12.7. The predicted molar refractivity (Wildman–Crippen MR) is 129 cm³/mol. The number of amides is 3. The summed E-state index contributed by atoms with van der Waals surface area (Å²) in [6.07, 6.45) is 2.02. The van der Waals surface area contributed by atoms with Crippen LogP contribution in [-0.2, 0) is 9.59 Å². The summed E-state index contributed by atoms with van der Waals surface area (Å²) >= 11 is 2.45. The van der Waals surface area contributed by atoms with Gasteiger partial charge in [0, 0.05) is 30.3 Å². The van der Waals surface area contributed by atoms with Crippen molar-refractivity contribution < 1.29 is 14.4 Å². The fraction of sp³-hybridized carbons (Fsp3) is 0.160. The second-order valence-corrected chi connectivity index (χ2v) is 9.25. The van der Waals surface area contributed by atoms with Crippen LogP contribution in [0.1, 0.15) is 28.3 Å². The molecule has 0 radical (unpaired) electrons. The van der Waals surface area contributed by atoms with Gasteiger partial charge in [-0.1, -0.05) is 66.7 Å². The summed E-state index contributed by atoms with van der Waals surface area (Å²) in [5, 5.41) is 4.48. The van der Waals surface area contributed by atoms with Crippen molar-refractivity contribution in [2.45, 2.75) is 12.3 Å². The molecule has 0 atom stereocenters. The fourth-order valence-electron chi connectivity index (χ4n) is 3.56. The van der Waals surface area contributed by atoms with Gasteiger partial charge in [0.1, 0.15) is 0 Å². The number of carbonyl (C=O) groups is 3. The average molecular weight is 463 g/mol. The van der Waals surface area contributed by atoms with Crippen molar-refractivity contribution in [1.82, 2.24) is 10.2 Å². The van der Waals surface area contributed by atoms with Crippen molar-refractivity contribution in [3.05, 3.63) is 99.1 Å². The monoisotopic (exact) mass is 462 g/mol. The van der Waals surface area contributed by atoms with E-state index in [1.807, 2.05) is 78.2 Å². The van der Waals surface area contributed by atoms with Crippen LogP contribution in [0.2, 0.25) is 0 Å². The number of hydrogen-bond acceptors (Lipinski definition) is 5. The van der Waals surface area contributed by atoms with Crippen LogP contribution in [0.5, 0.6) is 0 Å². The molecule has 0 bridgehead atoms. The molecule has 32 heavy (non-hydrogen) atoms. The van der Waals surface area contributed by atoms with Gasteiger partial charge in [0.15, 0.2) is 0 Å². The number of benzene rings is 2. The summed E-state index contributed by atoms with van der Waals surface area (Å²) in [5.74, 6) is -0.499. The van der Waals surface area contributed by atoms with Crippen molar-refractivity contribution in [2.24, 2.45) is 0 Å². The number of rotatable bonds is 8. The molecule has 5 nitrogen and oxygen atoms in total. The van der Waals surface area contributed by atoms with Crippen LogP contribution >= 0.6 is 23.1 Å². The van der Waals surface area contributed by atoms with Gasteiger partial charge in [-0.05, 0) is 40.4 Å². The van der Waals surface area contributed by atoms with Crippen molar-refractivity contribution >= 4 is 46.2 Å². The molecule has 1 N–H and O–H groups in total. The Bertz CT molecular complexity index is 1070. The van der Waals surface area contributed by atoms with Crippen LogP contribution in [0.15, 0.2) is 83.1 Å². The summed E-state index contributed by atoms with van der Waals surface area (Å²) in [7, 11) is 0. The Morgan fingerprint density at radius 1 is 0.938 bits per heavy atom. The number of nitrogens with one attached hydrogen (secondary N) is 1. The van der Waals surface area contributed by atoms with Crippen molar-refractivity contribution in [3.63, 3.8) is 0 Å². The molecule has 1 aliphatic rings. The summed E-state index contributed by atoms with van der Waals surface area (Å²) in [6.45, 7) is 0.374. The van der Waals surface area contributed by atoms with E-state index in [0.717, 1.165) is 27.8 Å². The maximum atomic E-state index is 12.7. The highest BCUT2D eigenvalue weighted by Crippen LogP contribution is 2.32. The van der Waals surface area contributed by atoms with E-state index in [2.05, 4.69) is 5.32 Å². The summed E-state index contributed by atoms with van der Waals surface area (Å²) in [4.78, 5) is 40.1. The van der Waals surface area contributed by atoms with E-state index in [-0.39, 0.29) is 42.5 Å². The highest BCUT2D eigenvalue weighted by molar-refractivity contribution is 8.18. The molecule has 1 aromatic heterocycles. The molecular weight excluding hydrogens is 440 g/mol. The van der Waals surface area contributed by atoms with E-state index in [1.54, 1.807) is 6.08 Å². The lowest BCUT2D eigenvalue weighted by molar-refractivity contribution is -0.124. The Morgan fingerprint density at radius 2 is 1.59 bits per heavy atom. The molecule has 0 saturated carbocycles. The largest absolute Gasteiger partial charge is 0.354 e. The highest BCUT2D eigenvalue weighted by atomic mass is 32.2.